The van der Waals surface area contributed by atoms with Crippen LogP contribution in [0.15, 0.2) is 33.4 Å². The molecule has 0 bridgehead atoms. The summed E-state index contributed by atoms with van der Waals surface area (Å²) in [6.07, 6.45) is 6.87. The molecule has 0 spiro atoms. The van der Waals surface area contributed by atoms with E-state index in [2.05, 4.69) is 81.4 Å². The second-order valence-corrected chi connectivity index (χ2v) is 7.25. The molecule has 0 unspecified atom stereocenters. The monoisotopic (exact) mass is 572 g/mol. The van der Waals surface area contributed by atoms with Crippen LogP contribution in [0.4, 0.5) is 0 Å². The molecule has 0 aromatic heterocycles. The molecule has 2 aliphatic carbocycles. The minimum atomic E-state index is 0. The fraction of sp³-hybridized carbons (Fsp3) is 0.600. The summed E-state index contributed by atoms with van der Waals surface area (Å²) in [4.78, 5) is 0. The number of halogens is 2. The van der Waals surface area contributed by atoms with Crippen molar-refractivity contribution in [3.05, 3.63) is 45.6 Å². The summed E-state index contributed by atoms with van der Waals surface area (Å²) in [5, 5.41) is 0. The maximum absolute atomic E-state index is 3.44. The van der Waals surface area contributed by atoms with E-state index in [-0.39, 0.29) is 75.6 Å². The molecule has 0 saturated heterocycles. The summed E-state index contributed by atoms with van der Waals surface area (Å²) in [6.45, 7) is 21.8. The van der Waals surface area contributed by atoms with E-state index >= 15 is 0 Å². The largest absolute Gasteiger partial charge is 4.00 e. The fourth-order valence-electron chi connectivity index (χ4n) is 2.81. The van der Waals surface area contributed by atoms with Gasteiger partial charge in [0.25, 0.3) is 0 Å². The van der Waals surface area contributed by atoms with E-state index in [1.807, 2.05) is 0 Å². The van der Waals surface area contributed by atoms with E-state index in [0.29, 0.717) is 0 Å². The first-order valence-corrected chi connectivity index (χ1v) is 7.50. The summed E-state index contributed by atoms with van der Waals surface area (Å²) >= 11 is 0. The van der Waals surface area contributed by atoms with Gasteiger partial charge in [-0.1, -0.05) is 66.2 Å². The topological polar surface area (TPSA) is 0 Å². The predicted octanol–water partition coefficient (Wildman–Crippen LogP) is 0.232. The summed E-state index contributed by atoms with van der Waals surface area (Å²) in [5.41, 5.74) is 8.79. The zero-order valence-electron chi connectivity index (χ0n) is 16.3. The van der Waals surface area contributed by atoms with E-state index in [4.69, 9.17) is 0 Å². The summed E-state index contributed by atoms with van der Waals surface area (Å²) in [7, 11) is 0. The Labute approximate surface area is 188 Å². The SMILES string of the molecule is CC1=[C-]C(C)(C)C(C)=C1C.CC1=[C-]C(C)(C)C(C)=C1C.[Cl-].[Cl-].[Th+4]. The molecule has 0 radical (unpaired) electrons. The van der Waals surface area contributed by atoms with Crippen molar-refractivity contribution in [2.75, 3.05) is 0 Å². The summed E-state index contributed by atoms with van der Waals surface area (Å²) < 4.78 is 0. The van der Waals surface area contributed by atoms with Crippen LogP contribution >= 0.6 is 0 Å². The molecule has 3 heteroatoms. The van der Waals surface area contributed by atoms with Crippen molar-refractivity contribution in [3.8, 4) is 0 Å². The van der Waals surface area contributed by atoms with Gasteiger partial charge in [-0.25, -0.2) is 11.1 Å². The van der Waals surface area contributed by atoms with Crippen LogP contribution in [0.3, 0.4) is 0 Å². The summed E-state index contributed by atoms with van der Waals surface area (Å²) in [6, 6.07) is 0. The van der Waals surface area contributed by atoms with Crippen LogP contribution in [0.5, 0.6) is 0 Å². The maximum Gasteiger partial charge on any atom is 4.00 e. The average Bonchev–Trinajstić information content (AvgIpc) is 2.60. The van der Waals surface area contributed by atoms with Crippen molar-refractivity contribution in [3.63, 3.8) is 0 Å². The second kappa shape index (κ2) is 10.1. The van der Waals surface area contributed by atoms with Gasteiger partial charge in [0.1, 0.15) is 0 Å². The van der Waals surface area contributed by atoms with Crippen LogP contribution in [0.2, 0.25) is 0 Å². The Morgan fingerprint density at radius 1 is 0.565 bits per heavy atom. The van der Waals surface area contributed by atoms with Gasteiger partial charge in [-0.15, -0.1) is 13.8 Å². The van der Waals surface area contributed by atoms with Crippen LogP contribution in [-0.2, 0) is 0 Å². The quantitative estimate of drug-likeness (QED) is 0.365. The van der Waals surface area contributed by atoms with Crippen molar-refractivity contribution in [1.82, 2.24) is 0 Å². The van der Waals surface area contributed by atoms with Gasteiger partial charge in [0.15, 0.2) is 0 Å². The molecule has 2 rings (SSSR count). The smallest absolute Gasteiger partial charge is 1.00 e. The van der Waals surface area contributed by atoms with Crippen molar-refractivity contribution in [1.29, 1.82) is 0 Å². The third kappa shape index (κ3) is 6.59. The zero-order chi connectivity index (χ0) is 15.9. The minimum absolute atomic E-state index is 0. The van der Waals surface area contributed by atoms with Crippen molar-refractivity contribution in [2.24, 2.45) is 10.8 Å². The zero-order valence-corrected chi connectivity index (χ0v) is 21.9. The number of allylic oxidation sites excluding steroid dienone is 8. The molecule has 0 aromatic rings. The van der Waals surface area contributed by atoms with Gasteiger partial charge in [-0.05, 0) is 0 Å². The molecule has 0 aliphatic heterocycles. The first kappa shape index (κ1) is 28.7. The van der Waals surface area contributed by atoms with E-state index in [9.17, 15) is 0 Å². The molecule has 0 N–H and O–H groups in total. The predicted molar refractivity (Wildman–Crippen MR) is 89.2 cm³/mol. The van der Waals surface area contributed by atoms with Crippen molar-refractivity contribution in [2.45, 2.75) is 69.2 Å². The van der Waals surface area contributed by atoms with Crippen LogP contribution < -0.4 is 24.8 Å². The molecule has 0 amide bonds. The van der Waals surface area contributed by atoms with Crippen molar-refractivity contribution >= 4 is 0 Å². The van der Waals surface area contributed by atoms with Crippen LogP contribution in [0.1, 0.15) is 69.2 Å². The molecule has 2 aliphatic rings. The molecule has 0 saturated carbocycles. The molecule has 23 heavy (non-hydrogen) atoms. The molecule has 0 nitrogen and oxygen atoms in total. The normalized spacial score (nSPS) is 20.4. The minimum Gasteiger partial charge on any atom is -1.00 e. The average molecular weight is 573 g/mol. The Morgan fingerprint density at radius 3 is 0.826 bits per heavy atom. The number of hydrogen-bond acceptors (Lipinski definition) is 0. The molecular weight excluding hydrogens is 543 g/mol. The first-order valence-electron chi connectivity index (χ1n) is 7.50. The van der Waals surface area contributed by atoms with E-state index in [1.165, 1.54) is 33.4 Å². The fourth-order valence-corrected chi connectivity index (χ4v) is 2.81. The Bertz CT molecular complexity index is 494. The van der Waals surface area contributed by atoms with Crippen LogP contribution in [0.25, 0.3) is 0 Å². The Kier molecular flexibility index (Phi) is 12.6. The molecule has 0 atom stereocenters. The third-order valence-electron chi connectivity index (χ3n) is 5.12. The third-order valence-corrected chi connectivity index (χ3v) is 5.12. The van der Waals surface area contributed by atoms with Gasteiger partial charge >= 0.3 is 39.9 Å². The molecule has 128 valence electrons. The Morgan fingerprint density at radius 2 is 0.783 bits per heavy atom. The van der Waals surface area contributed by atoms with Crippen LogP contribution in [-0.4, -0.2) is 0 Å². The Hall–Kier alpha value is 0.865. The van der Waals surface area contributed by atoms with Gasteiger partial charge in [0.2, 0.25) is 0 Å². The Balaban J connectivity index is -0.000000308. The van der Waals surface area contributed by atoms with Gasteiger partial charge in [0, 0.05) is 0 Å². The van der Waals surface area contributed by atoms with Gasteiger partial charge < -0.3 is 24.8 Å². The standard InChI is InChI=1S/2C10H15.2ClH.Th/c2*1-7-6-10(4,5)9(3)8(7)2;;;/h2*1-5H3;2*1H;/q2*-1;;;+4/p-2. The van der Waals surface area contributed by atoms with Gasteiger partial charge in [-0.3, -0.25) is 12.2 Å². The number of rotatable bonds is 0. The summed E-state index contributed by atoms with van der Waals surface area (Å²) in [5.74, 6) is 0. The van der Waals surface area contributed by atoms with E-state index in [1.54, 1.807) is 0 Å². The van der Waals surface area contributed by atoms with Crippen molar-refractivity contribution < 1.29 is 64.8 Å². The van der Waals surface area contributed by atoms with E-state index in [0.717, 1.165) is 0 Å². The molecular formula is C20H30Cl2Th. The van der Waals surface area contributed by atoms with Gasteiger partial charge in [-0.2, -0.15) is 22.3 Å². The maximum atomic E-state index is 3.44. The van der Waals surface area contributed by atoms with E-state index < -0.39 is 0 Å². The molecule has 0 heterocycles. The van der Waals surface area contributed by atoms with Gasteiger partial charge in [0.05, 0.1) is 0 Å². The van der Waals surface area contributed by atoms with Crippen LogP contribution in [0, 0.1) is 62.9 Å². The second-order valence-electron chi connectivity index (χ2n) is 7.25. The number of hydrogen-bond donors (Lipinski definition) is 0. The first-order chi connectivity index (χ1) is 8.90. The molecule has 0 fully saturated rings. The molecule has 0 aromatic carbocycles.